The molecule has 0 fully saturated rings. The lowest BCUT2D eigenvalue weighted by Gasteiger charge is -2.09. The summed E-state index contributed by atoms with van der Waals surface area (Å²) >= 11 is 0. The highest BCUT2D eigenvalue weighted by Crippen LogP contribution is 2.21. The highest BCUT2D eigenvalue weighted by Gasteiger charge is 2.04. The molecule has 0 atom stereocenters. The number of rotatable bonds is 4. The van der Waals surface area contributed by atoms with Gasteiger partial charge in [0.1, 0.15) is 0 Å². The van der Waals surface area contributed by atoms with Crippen LogP contribution < -0.4 is 10.6 Å². The van der Waals surface area contributed by atoms with Crippen LogP contribution in [0.5, 0.6) is 0 Å². The Morgan fingerprint density at radius 3 is 2.20 bits per heavy atom. The zero-order valence-corrected chi connectivity index (χ0v) is 10.9. The molecule has 0 spiro atoms. The number of anilines is 3. The van der Waals surface area contributed by atoms with Crippen LogP contribution in [0.1, 0.15) is 17.3 Å². The lowest BCUT2D eigenvalue weighted by Crippen LogP contribution is -2.05. The zero-order valence-electron chi connectivity index (χ0n) is 10.9. The van der Waals surface area contributed by atoms with Gasteiger partial charge in [-0.05, 0) is 36.4 Å². The van der Waals surface area contributed by atoms with Crippen molar-refractivity contribution in [3.05, 3.63) is 54.1 Å². The molecule has 0 heterocycles. The number of carboxylic acid groups (broad SMARTS) is 1. The average Bonchev–Trinajstić information content (AvgIpc) is 2.38. The second-order valence-electron chi connectivity index (χ2n) is 4.27. The second kappa shape index (κ2) is 5.88. The molecule has 0 aromatic heterocycles. The Balaban J connectivity index is 2.19. The van der Waals surface area contributed by atoms with Crippen LogP contribution in [0.25, 0.3) is 0 Å². The molecule has 2 aromatic carbocycles. The summed E-state index contributed by atoms with van der Waals surface area (Å²) in [6, 6.07) is 13.7. The van der Waals surface area contributed by atoms with E-state index in [0.717, 1.165) is 5.69 Å². The van der Waals surface area contributed by atoms with Crippen LogP contribution in [-0.2, 0) is 4.79 Å². The van der Waals surface area contributed by atoms with Gasteiger partial charge in [0.15, 0.2) is 0 Å². The number of nitrogens with one attached hydrogen (secondary N) is 2. The summed E-state index contributed by atoms with van der Waals surface area (Å²) in [5, 5.41) is 14.7. The standard InChI is InChI=1S/C15H14N2O3/c1-10(18)16-13-6-3-7-14(9-13)17-12-5-2-4-11(8-12)15(19)20/h2-9,17H,1H3,(H,16,18)(H,19,20). The van der Waals surface area contributed by atoms with Crippen molar-refractivity contribution in [2.75, 3.05) is 10.6 Å². The van der Waals surface area contributed by atoms with Crippen molar-refractivity contribution >= 4 is 28.9 Å². The molecule has 0 aliphatic rings. The fraction of sp³-hybridized carbons (Fsp3) is 0.0667. The molecule has 3 N–H and O–H groups in total. The molecule has 0 aliphatic heterocycles. The Labute approximate surface area is 116 Å². The summed E-state index contributed by atoms with van der Waals surface area (Å²) in [6.07, 6.45) is 0. The molecule has 0 radical (unpaired) electrons. The third kappa shape index (κ3) is 3.58. The van der Waals surface area contributed by atoms with Crippen LogP contribution >= 0.6 is 0 Å². The molecule has 0 aliphatic carbocycles. The normalized spacial score (nSPS) is 9.85. The molecule has 0 saturated heterocycles. The first-order valence-corrected chi connectivity index (χ1v) is 6.02. The number of carbonyl (C=O) groups excluding carboxylic acids is 1. The summed E-state index contributed by atoms with van der Waals surface area (Å²) < 4.78 is 0. The number of amides is 1. The minimum absolute atomic E-state index is 0.143. The molecule has 0 saturated carbocycles. The van der Waals surface area contributed by atoms with Crippen molar-refractivity contribution in [2.45, 2.75) is 6.92 Å². The predicted octanol–water partition coefficient (Wildman–Crippen LogP) is 3.09. The van der Waals surface area contributed by atoms with Crippen molar-refractivity contribution in [3.8, 4) is 0 Å². The lowest BCUT2D eigenvalue weighted by molar-refractivity contribution is -0.114. The van der Waals surface area contributed by atoms with Gasteiger partial charge in [0.25, 0.3) is 0 Å². The molecule has 2 aromatic rings. The van der Waals surface area contributed by atoms with Gasteiger partial charge in [-0.3, -0.25) is 4.79 Å². The van der Waals surface area contributed by atoms with E-state index in [-0.39, 0.29) is 11.5 Å². The van der Waals surface area contributed by atoms with Crippen LogP contribution in [0, 0.1) is 0 Å². The first-order valence-electron chi connectivity index (χ1n) is 6.02. The van der Waals surface area contributed by atoms with E-state index in [0.29, 0.717) is 11.4 Å². The fourth-order valence-electron chi connectivity index (χ4n) is 1.77. The third-order valence-corrected chi connectivity index (χ3v) is 2.58. The van der Waals surface area contributed by atoms with Crippen LogP contribution in [-0.4, -0.2) is 17.0 Å². The van der Waals surface area contributed by atoms with Crippen molar-refractivity contribution in [1.82, 2.24) is 0 Å². The minimum Gasteiger partial charge on any atom is -0.478 e. The van der Waals surface area contributed by atoms with Gasteiger partial charge in [-0.15, -0.1) is 0 Å². The summed E-state index contributed by atoms with van der Waals surface area (Å²) in [4.78, 5) is 21.9. The summed E-state index contributed by atoms with van der Waals surface area (Å²) in [5.74, 6) is -1.12. The summed E-state index contributed by atoms with van der Waals surface area (Å²) in [5.41, 5.74) is 2.33. The molecule has 0 bridgehead atoms. The quantitative estimate of drug-likeness (QED) is 0.797. The van der Waals surface area contributed by atoms with Crippen molar-refractivity contribution < 1.29 is 14.7 Å². The second-order valence-corrected chi connectivity index (χ2v) is 4.27. The largest absolute Gasteiger partial charge is 0.478 e. The van der Waals surface area contributed by atoms with E-state index in [1.54, 1.807) is 36.4 Å². The highest BCUT2D eigenvalue weighted by atomic mass is 16.4. The topological polar surface area (TPSA) is 78.4 Å². The van der Waals surface area contributed by atoms with Crippen LogP contribution in [0.4, 0.5) is 17.1 Å². The van der Waals surface area contributed by atoms with E-state index in [2.05, 4.69) is 10.6 Å². The van der Waals surface area contributed by atoms with Crippen molar-refractivity contribution in [2.24, 2.45) is 0 Å². The monoisotopic (exact) mass is 270 g/mol. The predicted molar refractivity (Wildman–Crippen MR) is 77.4 cm³/mol. The van der Waals surface area contributed by atoms with E-state index >= 15 is 0 Å². The summed E-state index contributed by atoms with van der Waals surface area (Å²) in [7, 11) is 0. The Kier molecular flexibility index (Phi) is 4.00. The zero-order chi connectivity index (χ0) is 14.5. The van der Waals surface area contributed by atoms with Gasteiger partial charge in [0, 0.05) is 24.0 Å². The Hall–Kier alpha value is -2.82. The van der Waals surface area contributed by atoms with Gasteiger partial charge < -0.3 is 15.7 Å². The maximum atomic E-state index is 11.0. The molecule has 5 heteroatoms. The number of benzene rings is 2. The van der Waals surface area contributed by atoms with Gasteiger partial charge in [0.2, 0.25) is 5.91 Å². The van der Waals surface area contributed by atoms with E-state index < -0.39 is 5.97 Å². The maximum Gasteiger partial charge on any atom is 0.335 e. The highest BCUT2D eigenvalue weighted by molar-refractivity contribution is 5.90. The van der Waals surface area contributed by atoms with Gasteiger partial charge in [-0.1, -0.05) is 12.1 Å². The minimum atomic E-state index is -0.972. The number of hydrogen-bond acceptors (Lipinski definition) is 3. The van der Waals surface area contributed by atoms with Gasteiger partial charge >= 0.3 is 5.97 Å². The molecule has 102 valence electrons. The van der Waals surface area contributed by atoms with Crippen LogP contribution in [0.2, 0.25) is 0 Å². The molecule has 0 unspecified atom stereocenters. The smallest absolute Gasteiger partial charge is 0.335 e. The van der Waals surface area contributed by atoms with Crippen LogP contribution in [0.3, 0.4) is 0 Å². The van der Waals surface area contributed by atoms with Gasteiger partial charge in [-0.2, -0.15) is 0 Å². The van der Waals surface area contributed by atoms with E-state index in [9.17, 15) is 9.59 Å². The molecule has 5 nitrogen and oxygen atoms in total. The van der Waals surface area contributed by atoms with Gasteiger partial charge in [-0.25, -0.2) is 4.79 Å². The first-order chi connectivity index (χ1) is 9.54. The first kappa shape index (κ1) is 13.6. The lowest BCUT2D eigenvalue weighted by atomic mass is 10.2. The van der Waals surface area contributed by atoms with E-state index in [1.165, 1.54) is 13.0 Å². The SMILES string of the molecule is CC(=O)Nc1cccc(Nc2cccc(C(=O)O)c2)c1. The van der Waals surface area contributed by atoms with Crippen molar-refractivity contribution in [3.63, 3.8) is 0 Å². The number of carbonyl (C=O) groups is 2. The molecule has 1 amide bonds. The maximum absolute atomic E-state index is 11.0. The molecule has 2 rings (SSSR count). The van der Waals surface area contributed by atoms with Gasteiger partial charge in [0.05, 0.1) is 5.56 Å². The molecular weight excluding hydrogens is 256 g/mol. The summed E-state index contributed by atoms with van der Waals surface area (Å²) in [6.45, 7) is 1.44. The number of carboxylic acids is 1. The number of hydrogen-bond donors (Lipinski definition) is 3. The van der Waals surface area contributed by atoms with Crippen LogP contribution in [0.15, 0.2) is 48.5 Å². The average molecular weight is 270 g/mol. The van der Waals surface area contributed by atoms with E-state index in [1.807, 2.05) is 6.07 Å². The Morgan fingerprint density at radius 2 is 1.55 bits per heavy atom. The molecule has 20 heavy (non-hydrogen) atoms. The molecular formula is C15H14N2O3. The van der Waals surface area contributed by atoms with Crippen molar-refractivity contribution in [1.29, 1.82) is 0 Å². The third-order valence-electron chi connectivity index (χ3n) is 2.58. The Morgan fingerprint density at radius 1 is 0.950 bits per heavy atom. The fourth-order valence-corrected chi connectivity index (χ4v) is 1.77. The van der Waals surface area contributed by atoms with E-state index in [4.69, 9.17) is 5.11 Å². The number of aromatic carboxylic acids is 1. The Bertz CT molecular complexity index is 653.